The first-order chi connectivity index (χ1) is 27.3. The quantitative estimate of drug-likeness (QED) is 0.173. The number of nitrogens with zero attached hydrogens (tertiary/aromatic N) is 2. The third-order valence-corrected chi connectivity index (χ3v) is 23.2. The summed E-state index contributed by atoms with van der Waals surface area (Å²) < 4.78 is 8.61. The lowest BCUT2D eigenvalue weighted by Gasteiger charge is -2.19. The summed E-state index contributed by atoms with van der Waals surface area (Å²) in [5, 5.41) is 0. The van der Waals surface area contributed by atoms with Crippen molar-refractivity contribution in [2.45, 2.75) is 80.1 Å². The van der Waals surface area contributed by atoms with E-state index in [1.807, 2.05) is 68.0 Å². The first-order valence-corrected chi connectivity index (χ1v) is 25.7. The maximum Gasteiger partial charge on any atom is 0.261 e. The van der Waals surface area contributed by atoms with Crippen LogP contribution in [0, 0.1) is 27.7 Å². The molecule has 2 aliphatic heterocycles. The molecule has 0 atom stereocenters. The van der Waals surface area contributed by atoms with E-state index in [4.69, 9.17) is 0 Å². The molecule has 0 saturated heterocycles. The molecule has 0 N–H and O–H groups in total. The molecular weight excluding hydrogens is 869 g/mol. The van der Waals surface area contributed by atoms with E-state index in [0.29, 0.717) is 16.8 Å². The Morgan fingerprint density at radius 2 is 0.914 bits per heavy atom. The average Bonchev–Trinajstić information content (AvgIpc) is 3.99. The Kier molecular flexibility index (Phi) is 8.83. The molecular formula is C46H42N2O2S8. The molecule has 296 valence electrons. The molecule has 10 rings (SSSR count). The Hall–Kier alpha value is -3.20. The van der Waals surface area contributed by atoms with Gasteiger partial charge in [-0.2, -0.15) is 0 Å². The molecule has 0 bridgehead atoms. The highest BCUT2D eigenvalue weighted by molar-refractivity contribution is 7.46. The number of rotatable bonds is 5. The van der Waals surface area contributed by atoms with Gasteiger partial charge in [0, 0.05) is 53.1 Å². The molecule has 0 radical (unpaired) electrons. The van der Waals surface area contributed by atoms with Crippen molar-refractivity contribution in [3.63, 3.8) is 0 Å². The number of fused-ring (bicyclic) bond motifs is 6. The molecule has 0 spiro atoms. The van der Waals surface area contributed by atoms with Crippen LogP contribution in [0.2, 0.25) is 0 Å². The highest BCUT2D eigenvalue weighted by Crippen LogP contribution is 2.57. The molecule has 4 nitrogen and oxygen atoms in total. The van der Waals surface area contributed by atoms with Gasteiger partial charge in [-0.25, -0.2) is 0 Å². The van der Waals surface area contributed by atoms with E-state index in [1.54, 1.807) is 46.6 Å². The summed E-state index contributed by atoms with van der Waals surface area (Å²) in [7, 11) is 3.60. The fourth-order valence-corrected chi connectivity index (χ4v) is 19.5. The number of amides is 2. The maximum atomic E-state index is 13.9. The second-order valence-electron chi connectivity index (χ2n) is 17.5. The van der Waals surface area contributed by atoms with Crippen LogP contribution >= 0.6 is 90.7 Å². The second kappa shape index (κ2) is 13.1. The zero-order valence-corrected chi connectivity index (χ0v) is 41.0. The van der Waals surface area contributed by atoms with Gasteiger partial charge < -0.3 is 9.80 Å². The zero-order chi connectivity index (χ0) is 41.1. The van der Waals surface area contributed by atoms with Gasteiger partial charge in [0.25, 0.3) is 11.8 Å². The number of carbonyl (C=O) groups is 2. The van der Waals surface area contributed by atoms with Gasteiger partial charge in [0.2, 0.25) is 0 Å². The van der Waals surface area contributed by atoms with Crippen LogP contribution in [0.4, 0.5) is 0 Å². The summed E-state index contributed by atoms with van der Waals surface area (Å²) in [6, 6.07) is 13.2. The van der Waals surface area contributed by atoms with Crippen molar-refractivity contribution < 1.29 is 9.59 Å². The van der Waals surface area contributed by atoms with Gasteiger partial charge in [-0.05, 0) is 97.2 Å². The highest BCUT2D eigenvalue weighted by Gasteiger charge is 2.47. The minimum atomic E-state index is -0.122. The standard InChI is InChI=1S/C46H42N2O2S8/c1-19-17-26(34-21(3)36-38(55-34)40-41(57-36)39-37(58-40)22(4)35(56-39)27-18-20(2)42(54-27)46(8,9)10)53-33(19)25-14-13-23(51-25)31-29-30(44(50)47(31)11)32(48(12)43(29)49)24-15-16-28(52-24)45(5,6)7/h13-18H,1-12H3. The van der Waals surface area contributed by atoms with Crippen LogP contribution in [-0.2, 0) is 20.4 Å². The van der Waals surface area contributed by atoms with Crippen molar-refractivity contribution in [2.75, 3.05) is 14.1 Å². The van der Waals surface area contributed by atoms with E-state index >= 15 is 0 Å². The minimum Gasteiger partial charge on any atom is -0.309 e. The van der Waals surface area contributed by atoms with Crippen LogP contribution in [0.3, 0.4) is 0 Å². The second-order valence-corrected chi connectivity index (χ2v) is 25.9. The van der Waals surface area contributed by atoms with E-state index in [1.165, 1.54) is 84.6 Å². The fourth-order valence-electron chi connectivity index (χ4n) is 8.34. The molecule has 8 aromatic rings. The number of hydrogen-bond acceptors (Lipinski definition) is 10. The van der Waals surface area contributed by atoms with Crippen LogP contribution in [0.25, 0.3) is 68.9 Å². The number of hydrogen-bond donors (Lipinski definition) is 0. The molecule has 58 heavy (non-hydrogen) atoms. The first-order valence-electron chi connectivity index (χ1n) is 19.2. The lowest BCUT2D eigenvalue weighted by atomic mass is 9.92. The molecule has 0 fully saturated rings. The topological polar surface area (TPSA) is 40.6 Å². The number of thiophene rings is 8. The first kappa shape index (κ1) is 39.0. The lowest BCUT2D eigenvalue weighted by Crippen LogP contribution is -2.24. The minimum absolute atomic E-state index is 0.0140. The normalized spacial score (nSPS) is 15.4. The van der Waals surface area contributed by atoms with E-state index < -0.39 is 0 Å². The van der Waals surface area contributed by atoms with Gasteiger partial charge in [0.15, 0.2) is 0 Å². The Labute approximate surface area is 371 Å². The summed E-state index contributed by atoms with van der Waals surface area (Å²) in [5.74, 6) is -0.243. The van der Waals surface area contributed by atoms with Crippen LogP contribution in [-0.4, -0.2) is 35.7 Å². The van der Waals surface area contributed by atoms with Crippen molar-refractivity contribution in [1.82, 2.24) is 9.80 Å². The van der Waals surface area contributed by atoms with Crippen molar-refractivity contribution >= 4 is 142 Å². The molecule has 2 amide bonds. The molecule has 0 aromatic carbocycles. The predicted octanol–water partition coefficient (Wildman–Crippen LogP) is 15.5. The SMILES string of the molecule is Cc1cc(-c2sc3c(sc4c5sc(-c6cc(C)c(C(C)(C)C)s6)c(C)c5sc34)c2C)sc1-c1ccc(C2=C3C(=O)N(C)C(c4ccc(C(C)(C)C)s4)=C3C(=O)N2C)s1. The molecule has 0 aliphatic carbocycles. The monoisotopic (exact) mass is 910 g/mol. The fraction of sp³-hybridized carbons (Fsp3) is 0.304. The van der Waals surface area contributed by atoms with E-state index in [-0.39, 0.29) is 22.6 Å². The Balaban J connectivity index is 0.994. The van der Waals surface area contributed by atoms with E-state index in [9.17, 15) is 9.59 Å². The molecule has 12 heteroatoms. The Bertz CT molecular complexity index is 3150. The van der Waals surface area contributed by atoms with Gasteiger partial charge in [-0.1, -0.05) is 41.5 Å². The van der Waals surface area contributed by atoms with Gasteiger partial charge in [0.1, 0.15) is 0 Å². The third kappa shape index (κ3) is 5.62. The van der Waals surface area contributed by atoms with Crippen molar-refractivity contribution in [3.05, 3.63) is 89.3 Å². The molecule has 8 aromatic heterocycles. The molecule has 10 heterocycles. The van der Waals surface area contributed by atoms with E-state index in [2.05, 4.69) is 106 Å². The Morgan fingerprint density at radius 1 is 0.448 bits per heavy atom. The van der Waals surface area contributed by atoms with E-state index in [0.717, 1.165) is 20.3 Å². The summed E-state index contributed by atoms with van der Waals surface area (Å²) in [6.07, 6.45) is 0. The third-order valence-electron chi connectivity index (χ3n) is 11.2. The predicted molar refractivity (Wildman–Crippen MR) is 260 cm³/mol. The maximum absolute atomic E-state index is 13.9. The number of carbonyl (C=O) groups excluding carboxylic acids is 2. The molecule has 2 aliphatic rings. The van der Waals surface area contributed by atoms with Crippen molar-refractivity contribution in [1.29, 1.82) is 0 Å². The van der Waals surface area contributed by atoms with Crippen molar-refractivity contribution in [3.8, 4) is 29.3 Å². The summed E-state index contributed by atoms with van der Waals surface area (Å²) in [6.45, 7) is 22.6. The Morgan fingerprint density at radius 3 is 1.41 bits per heavy atom. The van der Waals surface area contributed by atoms with Gasteiger partial charge >= 0.3 is 0 Å². The largest absolute Gasteiger partial charge is 0.309 e. The summed E-state index contributed by atoms with van der Waals surface area (Å²) in [4.78, 5) is 43.7. The van der Waals surface area contributed by atoms with Gasteiger partial charge in [-0.15, -0.1) is 90.7 Å². The van der Waals surface area contributed by atoms with Crippen LogP contribution in [0.5, 0.6) is 0 Å². The highest BCUT2D eigenvalue weighted by atomic mass is 32.1. The van der Waals surface area contributed by atoms with Crippen molar-refractivity contribution in [2.24, 2.45) is 0 Å². The lowest BCUT2D eigenvalue weighted by molar-refractivity contribution is -0.123. The van der Waals surface area contributed by atoms with Crippen LogP contribution < -0.4 is 0 Å². The summed E-state index contributed by atoms with van der Waals surface area (Å²) >= 11 is 15.0. The average molecular weight is 911 g/mol. The zero-order valence-electron chi connectivity index (χ0n) is 34.4. The van der Waals surface area contributed by atoms with Crippen LogP contribution in [0.15, 0.2) is 47.5 Å². The van der Waals surface area contributed by atoms with Gasteiger partial charge in [-0.3, -0.25) is 9.59 Å². The van der Waals surface area contributed by atoms with Crippen LogP contribution in [0.1, 0.15) is 83.3 Å². The molecule has 0 saturated carbocycles. The number of likely N-dealkylation sites (N-methyl/N-ethyl adjacent to an activating group) is 2. The molecule has 0 unspecified atom stereocenters. The van der Waals surface area contributed by atoms with Gasteiger partial charge in [0.05, 0.1) is 60.5 Å². The summed E-state index contributed by atoms with van der Waals surface area (Å²) in [5.41, 5.74) is 8.04. The smallest absolute Gasteiger partial charge is 0.261 e. The number of aryl methyl sites for hydroxylation is 4.